The monoisotopic (exact) mass is 341 g/mol. The van der Waals surface area contributed by atoms with Gasteiger partial charge in [0.2, 0.25) is 5.91 Å². The molecule has 3 rings (SSSR count). The third-order valence-electron chi connectivity index (χ3n) is 4.23. The van der Waals surface area contributed by atoms with Gasteiger partial charge in [0.05, 0.1) is 13.2 Å². The van der Waals surface area contributed by atoms with Gasteiger partial charge >= 0.3 is 0 Å². The predicted octanol–water partition coefficient (Wildman–Crippen LogP) is 3.28. The average molecular weight is 341 g/mol. The second-order valence-corrected chi connectivity index (χ2v) is 6.01. The van der Waals surface area contributed by atoms with Crippen molar-refractivity contribution >= 4 is 5.91 Å². The first-order valence-electron chi connectivity index (χ1n) is 8.48. The second-order valence-electron chi connectivity index (χ2n) is 6.01. The minimum absolute atomic E-state index is 0.00768. The summed E-state index contributed by atoms with van der Waals surface area (Å²) in [5.74, 6) is 2.31. The molecule has 1 amide bonds. The van der Waals surface area contributed by atoms with Gasteiger partial charge in [0, 0.05) is 12.0 Å². The molecule has 0 unspecified atom stereocenters. The molecule has 0 fully saturated rings. The van der Waals surface area contributed by atoms with E-state index in [0.717, 1.165) is 28.4 Å². The number of ether oxygens (including phenoxy) is 3. The first-order chi connectivity index (χ1) is 12.2. The van der Waals surface area contributed by atoms with Gasteiger partial charge in [-0.15, -0.1) is 0 Å². The van der Waals surface area contributed by atoms with E-state index in [2.05, 4.69) is 5.32 Å². The molecule has 0 bridgehead atoms. The molecule has 5 nitrogen and oxygen atoms in total. The smallest absolute Gasteiger partial charge is 0.220 e. The lowest BCUT2D eigenvalue weighted by Gasteiger charge is -2.19. The zero-order valence-electron chi connectivity index (χ0n) is 14.6. The van der Waals surface area contributed by atoms with Crippen LogP contribution in [0, 0.1) is 0 Å². The third kappa shape index (κ3) is 4.24. The Morgan fingerprint density at radius 2 is 1.92 bits per heavy atom. The summed E-state index contributed by atoms with van der Waals surface area (Å²) in [6.45, 7) is 3.10. The molecule has 0 saturated carbocycles. The minimum Gasteiger partial charge on any atom is -0.496 e. The first-order valence-corrected chi connectivity index (χ1v) is 8.48. The van der Waals surface area contributed by atoms with Crippen molar-refractivity contribution in [2.75, 3.05) is 20.3 Å². The van der Waals surface area contributed by atoms with Gasteiger partial charge in [-0.05, 0) is 37.1 Å². The molecule has 1 N–H and O–H groups in total. The summed E-state index contributed by atoms with van der Waals surface area (Å²) in [5, 5.41) is 3.03. The van der Waals surface area contributed by atoms with Gasteiger partial charge in [-0.2, -0.15) is 0 Å². The predicted molar refractivity (Wildman–Crippen MR) is 95.3 cm³/mol. The number of para-hydroxylation sites is 1. The van der Waals surface area contributed by atoms with Gasteiger partial charge in [-0.25, -0.2) is 0 Å². The molecule has 1 aliphatic rings. The van der Waals surface area contributed by atoms with E-state index in [0.29, 0.717) is 26.1 Å². The quantitative estimate of drug-likeness (QED) is 0.876. The van der Waals surface area contributed by atoms with Crippen LogP contribution in [0.4, 0.5) is 0 Å². The van der Waals surface area contributed by atoms with Gasteiger partial charge in [0.25, 0.3) is 0 Å². The van der Waals surface area contributed by atoms with Gasteiger partial charge in [0.1, 0.15) is 19.0 Å². The minimum atomic E-state index is -0.107. The van der Waals surface area contributed by atoms with Crippen LogP contribution in [-0.2, 0) is 11.2 Å². The number of carbonyl (C=O) groups excluding carboxylic acids is 1. The van der Waals surface area contributed by atoms with Gasteiger partial charge in [-0.3, -0.25) is 4.79 Å². The number of methoxy groups -OCH3 is 1. The van der Waals surface area contributed by atoms with Crippen LogP contribution in [0.2, 0.25) is 0 Å². The molecule has 0 radical (unpaired) electrons. The summed E-state index contributed by atoms with van der Waals surface area (Å²) < 4.78 is 16.4. The molecular formula is C20H23NO4. The van der Waals surface area contributed by atoms with Crippen LogP contribution in [0.25, 0.3) is 0 Å². The van der Waals surface area contributed by atoms with Crippen molar-refractivity contribution in [3.8, 4) is 17.2 Å². The maximum absolute atomic E-state index is 12.3. The van der Waals surface area contributed by atoms with E-state index >= 15 is 0 Å². The van der Waals surface area contributed by atoms with E-state index in [1.54, 1.807) is 7.11 Å². The largest absolute Gasteiger partial charge is 0.496 e. The maximum atomic E-state index is 12.3. The fourth-order valence-corrected chi connectivity index (χ4v) is 2.92. The van der Waals surface area contributed by atoms with E-state index in [-0.39, 0.29) is 11.9 Å². The highest BCUT2D eigenvalue weighted by Gasteiger charge is 2.15. The molecule has 1 heterocycles. The zero-order valence-corrected chi connectivity index (χ0v) is 14.6. The Bertz CT molecular complexity index is 744. The molecule has 0 aliphatic carbocycles. The Balaban J connectivity index is 1.56. The molecule has 5 heteroatoms. The highest BCUT2D eigenvalue weighted by Crippen LogP contribution is 2.31. The molecule has 2 aromatic rings. The number of hydrogen-bond acceptors (Lipinski definition) is 4. The van der Waals surface area contributed by atoms with Crippen molar-refractivity contribution in [2.45, 2.75) is 25.8 Å². The Hall–Kier alpha value is -2.69. The third-order valence-corrected chi connectivity index (χ3v) is 4.23. The molecular weight excluding hydrogens is 318 g/mol. The molecule has 1 atom stereocenters. The van der Waals surface area contributed by atoms with E-state index < -0.39 is 0 Å². The van der Waals surface area contributed by atoms with Crippen molar-refractivity contribution in [3.05, 3.63) is 53.6 Å². The number of fused-ring (bicyclic) bond motifs is 1. The Morgan fingerprint density at radius 3 is 2.72 bits per heavy atom. The Morgan fingerprint density at radius 1 is 1.16 bits per heavy atom. The number of aryl methyl sites for hydroxylation is 1. The Labute approximate surface area is 147 Å². The van der Waals surface area contributed by atoms with Crippen LogP contribution < -0.4 is 19.5 Å². The molecule has 0 aromatic heterocycles. The maximum Gasteiger partial charge on any atom is 0.220 e. The summed E-state index contributed by atoms with van der Waals surface area (Å²) in [7, 11) is 1.63. The fourth-order valence-electron chi connectivity index (χ4n) is 2.92. The van der Waals surface area contributed by atoms with Crippen molar-refractivity contribution in [1.82, 2.24) is 5.32 Å². The second kappa shape index (κ2) is 7.92. The van der Waals surface area contributed by atoms with Crippen LogP contribution in [0.1, 0.15) is 30.5 Å². The molecule has 1 aliphatic heterocycles. The van der Waals surface area contributed by atoms with Crippen molar-refractivity contribution < 1.29 is 19.0 Å². The summed E-state index contributed by atoms with van der Waals surface area (Å²) >= 11 is 0. The standard InChI is InChI=1S/C20H23NO4/c1-14(16-5-3-4-6-17(16)23-2)21-20(22)10-8-15-7-9-18-19(13-15)25-12-11-24-18/h3-7,9,13-14H,8,10-12H2,1-2H3,(H,21,22)/t14-/m0/s1. The number of hydrogen-bond donors (Lipinski definition) is 1. The van der Waals surface area contributed by atoms with E-state index in [9.17, 15) is 4.79 Å². The van der Waals surface area contributed by atoms with Crippen molar-refractivity contribution in [1.29, 1.82) is 0 Å². The van der Waals surface area contributed by atoms with Crippen molar-refractivity contribution in [2.24, 2.45) is 0 Å². The normalized spacial score (nSPS) is 13.8. The molecule has 2 aromatic carbocycles. The molecule has 0 spiro atoms. The highest BCUT2D eigenvalue weighted by atomic mass is 16.6. The highest BCUT2D eigenvalue weighted by molar-refractivity contribution is 5.76. The summed E-state index contributed by atoms with van der Waals surface area (Å²) in [5.41, 5.74) is 2.03. The molecule has 0 saturated heterocycles. The number of carbonyl (C=O) groups is 1. The van der Waals surface area contributed by atoms with Crippen LogP contribution in [-0.4, -0.2) is 26.2 Å². The lowest BCUT2D eigenvalue weighted by atomic mass is 10.1. The molecule has 132 valence electrons. The number of nitrogens with one attached hydrogen (secondary N) is 1. The van der Waals surface area contributed by atoms with Crippen LogP contribution in [0.3, 0.4) is 0 Å². The lowest BCUT2D eigenvalue weighted by Crippen LogP contribution is -2.27. The number of benzene rings is 2. The Kier molecular flexibility index (Phi) is 5.43. The topological polar surface area (TPSA) is 56.8 Å². The van der Waals surface area contributed by atoms with Crippen LogP contribution in [0.15, 0.2) is 42.5 Å². The first kappa shape index (κ1) is 17.1. The summed E-state index contributed by atoms with van der Waals surface area (Å²) in [4.78, 5) is 12.3. The zero-order chi connectivity index (χ0) is 17.6. The summed E-state index contributed by atoms with van der Waals surface area (Å²) in [6, 6.07) is 13.4. The van der Waals surface area contributed by atoms with Gasteiger partial charge in [-0.1, -0.05) is 24.3 Å². The summed E-state index contributed by atoms with van der Waals surface area (Å²) in [6.07, 6.45) is 1.07. The van der Waals surface area contributed by atoms with E-state index in [1.807, 2.05) is 49.4 Å². The SMILES string of the molecule is COc1ccccc1[C@H](C)NC(=O)CCc1ccc2c(c1)OCCO2. The van der Waals surface area contributed by atoms with Gasteiger partial charge in [0.15, 0.2) is 11.5 Å². The van der Waals surface area contributed by atoms with E-state index in [1.165, 1.54) is 0 Å². The molecule has 25 heavy (non-hydrogen) atoms. The van der Waals surface area contributed by atoms with Crippen molar-refractivity contribution in [3.63, 3.8) is 0 Å². The lowest BCUT2D eigenvalue weighted by molar-refractivity contribution is -0.121. The number of amides is 1. The van der Waals surface area contributed by atoms with Crippen LogP contribution >= 0.6 is 0 Å². The fraction of sp³-hybridized carbons (Fsp3) is 0.350. The van der Waals surface area contributed by atoms with E-state index in [4.69, 9.17) is 14.2 Å². The van der Waals surface area contributed by atoms with Gasteiger partial charge < -0.3 is 19.5 Å². The van der Waals surface area contributed by atoms with Crippen LogP contribution in [0.5, 0.6) is 17.2 Å². The number of rotatable bonds is 6. The average Bonchev–Trinajstić information content (AvgIpc) is 2.66.